The number of anilines is 1. The van der Waals surface area contributed by atoms with Gasteiger partial charge < -0.3 is 10.4 Å². The Balaban J connectivity index is 2.25. The van der Waals surface area contributed by atoms with Gasteiger partial charge in [0.1, 0.15) is 11.6 Å². The van der Waals surface area contributed by atoms with E-state index in [1.165, 1.54) is 18.2 Å². The van der Waals surface area contributed by atoms with Crippen molar-refractivity contribution in [1.29, 1.82) is 0 Å². The lowest BCUT2D eigenvalue weighted by atomic mass is 10.1. The highest BCUT2D eigenvalue weighted by molar-refractivity contribution is 14.1. The molecule has 0 spiro atoms. The van der Waals surface area contributed by atoms with Gasteiger partial charge in [-0.1, -0.05) is 6.07 Å². The number of halogens is 2. The molecule has 0 saturated carbocycles. The van der Waals surface area contributed by atoms with Crippen LogP contribution < -0.4 is 5.32 Å². The highest BCUT2D eigenvalue weighted by Crippen LogP contribution is 2.22. The molecule has 0 bridgehead atoms. The number of aromatic hydroxyl groups is 1. The summed E-state index contributed by atoms with van der Waals surface area (Å²) in [6, 6.07) is 8.82. The SMILES string of the molecule is Cc1ccc(F)cc1NC(=O)c1ccc(I)c(O)c1. The standard InChI is InChI=1S/C14H11FINO2/c1-8-2-4-10(15)7-12(8)17-14(19)9-3-5-11(16)13(18)6-9/h2-7,18H,1H3,(H,17,19). The van der Waals surface area contributed by atoms with Crippen LogP contribution in [-0.4, -0.2) is 11.0 Å². The van der Waals surface area contributed by atoms with E-state index >= 15 is 0 Å². The van der Waals surface area contributed by atoms with Crippen LogP contribution in [0.5, 0.6) is 5.75 Å². The number of nitrogens with one attached hydrogen (secondary N) is 1. The lowest BCUT2D eigenvalue weighted by Gasteiger charge is -2.09. The lowest BCUT2D eigenvalue weighted by Crippen LogP contribution is -2.13. The summed E-state index contributed by atoms with van der Waals surface area (Å²) in [5, 5.41) is 12.2. The average Bonchev–Trinajstić information content (AvgIpc) is 2.37. The quantitative estimate of drug-likeness (QED) is 0.792. The molecule has 0 radical (unpaired) electrons. The van der Waals surface area contributed by atoms with E-state index < -0.39 is 5.82 Å². The molecule has 0 aromatic heterocycles. The first-order valence-corrected chi connectivity index (χ1v) is 6.61. The number of hydrogen-bond donors (Lipinski definition) is 2. The number of amides is 1. The Labute approximate surface area is 123 Å². The van der Waals surface area contributed by atoms with Crippen molar-refractivity contribution in [3.05, 3.63) is 56.9 Å². The minimum Gasteiger partial charge on any atom is -0.507 e. The predicted molar refractivity (Wildman–Crippen MR) is 79.9 cm³/mol. The molecule has 2 rings (SSSR count). The number of benzene rings is 2. The highest BCUT2D eigenvalue weighted by Gasteiger charge is 2.10. The Morgan fingerprint density at radius 2 is 2.00 bits per heavy atom. The zero-order valence-corrected chi connectivity index (χ0v) is 12.2. The molecular weight excluding hydrogens is 360 g/mol. The van der Waals surface area contributed by atoms with Gasteiger partial charge >= 0.3 is 0 Å². The second kappa shape index (κ2) is 5.56. The summed E-state index contributed by atoms with van der Waals surface area (Å²) in [5.41, 5.74) is 1.51. The summed E-state index contributed by atoms with van der Waals surface area (Å²) in [7, 11) is 0. The molecule has 5 heteroatoms. The molecule has 0 fully saturated rings. The second-order valence-electron chi connectivity index (χ2n) is 4.08. The van der Waals surface area contributed by atoms with Gasteiger partial charge in [0.2, 0.25) is 0 Å². The van der Waals surface area contributed by atoms with Gasteiger partial charge in [0.05, 0.1) is 3.57 Å². The third-order valence-corrected chi connectivity index (χ3v) is 3.57. The van der Waals surface area contributed by atoms with Crippen LogP contribution >= 0.6 is 22.6 Å². The van der Waals surface area contributed by atoms with Crippen molar-refractivity contribution in [3.63, 3.8) is 0 Å². The number of aryl methyl sites for hydroxylation is 1. The zero-order chi connectivity index (χ0) is 14.0. The van der Waals surface area contributed by atoms with Gasteiger partial charge in [-0.2, -0.15) is 0 Å². The number of hydrogen-bond acceptors (Lipinski definition) is 2. The maximum absolute atomic E-state index is 13.1. The molecule has 2 aromatic rings. The summed E-state index contributed by atoms with van der Waals surface area (Å²) >= 11 is 1.97. The van der Waals surface area contributed by atoms with Gasteiger partial charge in [-0.3, -0.25) is 4.79 Å². The maximum Gasteiger partial charge on any atom is 0.255 e. The second-order valence-corrected chi connectivity index (χ2v) is 5.24. The Morgan fingerprint density at radius 1 is 1.26 bits per heavy atom. The molecule has 3 nitrogen and oxygen atoms in total. The third kappa shape index (κ3) is 3.23. The number of carbonyl (C=O) groups excluding carboxylic acids is 1. The maximum atomic E-state index is 13.1. The van der Waals surface area contributed by atoms with Gasteiger partial charge in [-0.25, -0.2) is 4.39 Å². The van der Waals surface area contributed by atoms with Crippen molar-refractivity contribution >= 4 is 34.2 Å². The molecule has 1 amide bonds. The molecule has 0 aliphatic heterocycles. The van der Waals surface area contributed by atoms with Crippen molar-refractivity contribution in [3.8, 4) is 5.75 Å². The number of phenols is 1. The molecule has 2 N–H and O–H groups in total. The number of phenolic OH excluding ortho intramolecular Hbond substituents is 1. The highest BCUT2D eigenvalue weighted by atomic mass is 127. The first-order chi connectivity index (χ1) is 8.97. The minimum atomic E-state index is -0.411. The molecule has 19 heavy (non-hydrogen) atoms. The zero-order valence-electron chi connectivity index (χ0n) is 10.1. The first-order valence-electron chi connectivity index (χ1n) is 5.53. The summed E-state index contributed by atoms with van der Waals surface area (Å²) in [6.45, 7) is 1.78. The number of rotatable bonds is 2. The fraction of sp³-hybridized carbons (Fsp3) is 0.0714. The summed E-state index contributed by atoms with van der Waals surface area (Å²) in [6.07, 6.45) is 0. The topological polar surface area (TPSA) is 49.3 Å². The molecule has 0 aliphatic carbocycles. The van der Waals surface area contributed by atoms with E-state index in [9.17, 15) is 14.3 Å². The Bertz CT molecular complexity index is 643. The third-order valence-electron chi connectivity index (χ3n) is 2.66. The Kier molecular flexibility index (Phi) is 4.04. The fourth-order valence-corrected chi connectivity index (χ4v) is 1.91. The Hall–Kier alpha value is -1.63. The monoisotopic (exact) mass is 371 g/mol. The average molecular weight is 371 g/mol. The smallest absolute Gasteiger partial charge is 0.255 e. The molecule has 0 aliphatic rings. The van der Waals surface area contributed by atoms with Crippen molar-refractivity contribution in [2.75, 3.05) is 5.32 Å². The van der Waals surface area contributed by atoms with Crippen LogP contribution in [0, 0.1) is 16.3 Å². The molecule has 0 atom stereocenters. The normalized spacial score (nSPS) is 10.3. The van der Waals surface area contributed by atoms with Gasteiger partial charge in [-0.15, -0.1) is 0 Å². The van der Waals surface area contributed by atoms with Crippen LogP contribution in [0.4, 0.5) is 10.1 Å². The van der Waals surface area contributed by atoms with Gasteiger partial charge in [0.15, 0.2) is 0 Å². The van der Waals surface area contributed by atoms with Gasteiger partial charge in [0, 0.05) is 11.3 Å². The van der Waals surface area contributed by atoms with E-state index in [0.29, 0.717) is 14.8 Å². The van der Waals surface area contributed by atoms with E-state index in [0.717, 1.165) is 5.56 Å². The van der Waals surface area contributed by atoms with Crippen LogP contribution in [0.2, 0.25) is 0 Å². The first kappa shape index (κ1) is 13.8. The van der Waals surface area contributed by atoms with E-state index in [1.807, 2.05) is 22.6 Å². The van der Waals surface area contributed by atoms with Crippen molar-refractivity contribution < 1.29 is 14.3 Å². The van der Waals surface area contributed by atoms with Crippen LogP contribution in [0.3, 0.4) is 0 Å². The molecule has 0 heterocycles. The van der Waals surface area contributed by atoms with Gasteiger partial charge in [0.25, 0.3) is 5.91 Å². The molecule has 0 saturated heterocycles. The molecule has 0 unspecified atom stereocenters. The van der Waals surface area contributed by atoms with E-state index in [-0.39, 0.29) is 11.7 Å². The predicted octanol–water partition coefficient (Wildman–Crippen LogP) is 3.70. The Morgan fingerprint density at radius 3 is 2.68 bits per heavy atom. The fourth-order valence-electron chi connectivity index (χ4n) is 1.58. The van der Waals surface area contributed by atoms with Crippen LogP contribution in [0.1, 0.15) is 15.9 Å². The molecule has 2 aromatic carbocycles. The summed E-state index contributed by atoms with van der Waals surface area (Å²) < 4.78 is 13.8. The number of carbonyl (C=O) groups is 1. The lowest BCUT2D eigenvalue weighted by molar-refractivity contribution is 0.102. The van der Waals surface area contributed by atoms with Crippen molar-refractivity contribution in [2.24, 2.45) is 0 Å². The minimum absolute atomic E-state index is 0.0456. The summed E-state index contributed by atoms with van der Waals surface area (Å²) in [5.74, 6) is -0.754. The van der Waals surface area contributed by atoms with Gasteiger partial charge in [-0.05, 0) is 65.4 Å². The molecular formula is C14H11FINO2. The van der Waals surface area contributed by atoms with E-state index in [1.54, 1.807) is 25.1 Å². The largest absolute Gasteiger partial charge is 0.507 e. The van der Waals surface area contributed by atoms with Crippen LogP contribution in [0.15, 0.2) is 36.4 Å². The van der Waals surface area contributed by atoms with E-state index in [2.05, 4.69) is 5.32 Å². The summed E-state index contributed by atoms with van der Waals surface area (Å²) in [4.78, 5) is 12.0. The van der Waals surface area contributed by atoms with Crippen molar-refractivity contribution in [2.45, 2.75) is 6.92 Å². The van der Waals surface area contributed by atoms with Crippen LogP contribution in [0.25, 0.3) is 0 Å². The van der Waals surface area contributed by atoms with Crippen molar-refractivity contribution in [1.82, 2.24) is 0 Å². The van der Waals surface area contributed by atoms with Crippen LogP contribution in [-0.2, 0) is 0 Å². The molecule has 98 valence electrons. The van der Waals surface area contributed by atoms with E-state index in [4.69, 9.17) is 0 Å².